The molecule has 1 rings (SSSR count). The van der Waals surface area contributed by atoms with Gasteiger partial charge >= 0.3 is 0 Å². The monoisotopic (exact) mass is 180 g/mol. The van der Waals surface area contributed by atoms with Crippen molar-refractivity contribution in [3.05, 3.63) is 23.9 Å². The fourth-order valence-corrected chi connectivity index (χ4v) is 1.05. The molecule has 1 aromatic rings. The van der Waals surface area contributed by atoms with Crippen LogP contribution in [0.2, 0.25) is 0 Å². The molecule has 1 atom stereocenters. The standard InChI is InChI=1S/C10H16N2O/c1-4-13-10-6-5-9(7-12-10)8(2)11-3/h5-8,11H,4H2,1-3H3. The SMILES string of the molecule is CCOc1ccc(C(C)NC)cn1. The zero-order valence-corrected chi connectivity index (χ0v) is 8.37. The average molecular weight is 180 g/mol. The van der Waals surface area contributed by atoms with Gasteiger partial charge < -0.3 is 10.1 Å². The van der Waals surface area contributed by atoms with Gasteiger partial charge in [-0.05, 0) is 26.5 Å². The number of aromatic nitrogens is 1. The molecule has 0 aromatic carbocycles. The summed E-state index contributed by atoms with van der Waals surface area (Å²) in [7, 11) is 1.93. The molecule has 1 N–H and O–H groups in total. The van der Waals surface area contributed by atoms with E-state index in [1.54, 1.807) is 0 Å². The summed E-state index contributed by atoms with van der Waals surface area (Å²) < 4.78 is 5.24. The molecular formula is C10H16N2O. The van der Waals surface area contributed by atoms with Gasteiger partial charge in [-0.25, -0.2) is 4.98 Å². The Morgan fingerprint density at radius 3 is 2.77 bits per heavy atom. The Labute approximate surface area is 79.1 Å². The van der Waals surface area contributed by atoms with Crippen LogP contribution in [0.4, 0.5) is 0 Å². The predicted molar refractivity (Wildman–Crippen MR) is 52.9 cm³/mol. The maximum Gasteiger partial charge on any atom is 0.213 e. The van der Waals surface area contributed by atoms with Crippen molar-refractivity contribution in [3.63, 3.8) is 0 Å². The molecule has 0 aliphatic heterocycles. The second-order valence-corrected chi connectivity index (χ2v) is 2.87. The van der Waals surface area contributed by atoms with Crippen LogP contribution in [0, 0.1) is 0 Å². The molecule has 0 aliphatic carbocycles. The van der Waals surface area contributed by atoms with Gasteiger partial charge in [0.05, 0.1) is 6.61 Å². The number of hydrogen-bond donors (Lipinski definition) is 1. The summed E-state index contributed by atoms with van der Waals surface area (Å²) >= 11 is 0. The number of hydrogen-bond acceptors (Lipinski definition) is 3. The zero-order valence-electron chi connectivity index (χ0n) is 8.37. The topological polar surface area (TPSA) is 34.1 Å². The summed E-state index contributed by atoms with van der Waals surface area (Å²) in [6, 6.07) is 4.26. The Hall–Kier alpha value is -1.09. The first-order valence-corrected chi connectivity index (χ1v) is 4.54. The first-order chi connectivity index (χ1) is 6.27. The molecule has 0 spiro atoms. The molecule has 1 unspecified atom stereocenters. The minimum absolute atomic E-state index is 0.336. The lowest BCUT2D eigenvalue weighted by molar-refractivity contribution is 0.326. The van der Waals surface area contributed by atoms with E-state index in [0.29, 0.717) is 18.5 Å². The maximum atomic E-state index is 5.24. The van der Waals surface area contributed by atoms with Crippen molar-refractivity contribution in [2.45, 2.75) is 19.9 Å². The lowest BCUT2D eigenvalue weighted by atomic mass is 10.1. The summed E-state index contributed by atoms with van der Waals surface area (Å²) in [5.74, 6) is 0.689. The highest BCUT2D eigenvalue weighted by molar-refractivity contribution is 5.20. The molecule has 0 fully saturated rings. The van der Waals surface area contributed by atoms with Crippen LogP contribution in [0.25, 0.3) is 0 Å². The lowest BCUT2D eigenvalue weighted by Gasteiger charge is -2.10. The van der Waals surface area contributed by atoms with Gasteiger partial charge in [0.1, 0.15) is 0 Å². The third-order valence-corrected chi connectivity index (χ3v) is 1.98. The van der Waals surface area contributed by atoms with Crippen molar-refractivity contribution in [2.75, 3.05) is 13.7 Å². The lowest BCUT2D eigenvalue weighted by Crippen LogP contribution is -2.12. The van der Waals surface area contributed by atoms with Crippen molar-refractivity contribution in [1.82, 2.24) is 10.3 Å². The van der Waals surface area contributed by atoms with Gasteiger partial charge in [0.15, 0.2) is 0 Å². The van der Waals surface area contributed by atoms with Crippen LogP contribution in [0.3, 0.4) is 0 Å². The van der Waals surface area contributed by atoms with E-state index >= 15 is 0 Å². The van der Waals surface area contributed by atoms with Crippen LogP contribution in [0.15, 0.2) is 18.3 Å². The molecule has 0 amide bonds. The molecule has 0 bridgehead atoms. The molecule has 0 aliphatic rings. The fourth-order valence-electron chi connectivity index (χ4n) is 1.05. The van der Waals surface area contributed by atoms with Gasteiger partial charge in [-0.15, -0.1) is 0 Å². The second kappa shape index (κ2) is 4.82. The largest absolute Gasteiger partial charge is 0.478 e. The van der Waals surface area contributed by atoms with E-state index < -0.39 is 0 Å². The van der Waals surface area contributed by atoms with Crippen LogP contribution in [-0.2, 0) is 0 Å². The van der Waals surface area contributed by atoms with Gasteiger partial charge in [-0.3, -0.25) is 0 Å². The van der Waals surface area contributed by atoms with Gasteiger partial charge in [0, 0.05) is 18.3 Å². The predicted octanol–water partition coefficient (Wildman–Crippen LogP) is 1.76. The Balaban J connectivity index is 2.69. The molecule has 3 heteroatoms. The third-order valence-electron chi connectivity index (χ3n) is 1.98. The molecule has 1 heterocycles. The Bertz CT molecular complexity index is 246. The summed E-state index contributed by atoms with van der Waals surface area (Å²) in [6.07, 6.45) is 1.84. The van der Waals surface area contributed by atoms with Crippen molar-refractivity contribution >= 4 is 0 Å². The van der Waals surface area contributed by atoms with Crippen LogP contribution in [0.5, 0.6) is 5.88 Å². The van der Waals surface area contributed by atoms with E-state index in [9.17, 15) is 0 Å². The minimum atomic E-state index is 0.336. The van der Waals surface area contributed by atoms with Gasteiger partial charge in [-0.1, -0.05) is 6.07 Å². The zero-order chi connectivity index (χ0) is 9.68. The molecule has 13 heavy (non-hydrogen) atoms. The van der Waals surface area contributed by atoms with Crippen molar-refractivity contribution in [2.24, 2.45) is 0 Å². The number of nitrogens with one attached hydrogen (secondary N) is 1. The molecule has 3 nitrogen and oxygen atoms in total. The number of ether oxygens (including phenoxy) is 1. The normalized spacial score (nSPS) is 12.5. The Kier molecular flexibility index (Phi) is 3.71. The molecule has 0 radical (unpaired) electrons. The third kappa shape index (κ3) is 2.70. The van der Waals surface area contributed by atoms with E-state index in [1.807, 2.05) is 32.3 Å². The van der Waals surface area contributed by atoms with Gasteiger partial charge in [0.2, 0.25) is 5.88 Å². The smallest absolute Gasteiger partial charge is 0.213 e. The van der Waals surface area contributed by atoms with Gasteiger partial charge in [-0.2, -0.15) is 0 Å². The molecule has 0 saturated carbocycles. The summed E-state index contributed by atoms with van der Waals surface area (Å²) in [6.45, 7) is 4.71. The highest BCUT2D eigenvalue weighted by atomic mass is 16.5. The van der Waals surface area contributed by atoms with Crippen molar-refractivity contribution in [3.8, 4) is 5.88 Å². The number of rotatable bonds is 4. The molecule has 1 aromatic heterocycles. The van der Waals surface area contributed by atoms with Gasteiger partial charge in [0.25, 0.3) is 0 Å². The first kappa shape index (κ1) is 9.99. The number of pyridine rings is 1. The Morgan fingerprint density at radius 2 is 2.31 bits per heavy atom. The highest BCUT2D eigenvalue weighted by Crippen LogP contribution is 2.13. The van der Waals surface area contributed by atoms with Crippen LogP contribution in [0.1, 0.15) is 25.5 Å². The van der Waals surface area contributed by atoms with Crippen LogP contribution < -0.4 is 10.1 Å². The second-order valence-electron chi connectivity index (χ2n) is 2.87. The minimum Gasteiger partial charge on any atom is -0.478 e. The van der Waals surface area contributed by atoms with E-state index in [2.05, 4.69) is 17.2 Å². The van der Waals surface area contributed by atoms with Crippen LogP contribution in [-0.4, -0.2) is 18.6 Å². The fraction of sp³-hybridized carbons (Fsp3) is 0.500. The van der Waals surface area contributed by atoms with E-state index in [0.717, 1.165) is 0 Å². The highest BCUT2D eigenvalue weighted by Gasteiger charge is 2.02. The van der Waals surface area contributed by atoms with Crippen molar-refractivity contribution < 1.29 is 4.74 Å². The van der Waals surface area contributed by atoms with E-state index in [1.165, 1.54) is 5.56 Å². The van der Waals surface area contributed by atoms with E-state index in [4.69, 9.17) is 4.74 Å². The van der Waals surface area contributed by atoms with E-state index in [-0.39, 0.29) is 0 Å². The Morgan fingerprint density at radius 1 is 1.54 bits per heavy atom. The number of nitrogens with zero attached hydrogens (tertiary/aromatic N) is 1. The molecule has 0 saturated heterocycles. The summed E-state index contributed by atoms with van der Waals surface area (Å²) in [5, 5.41) is 3.15. The quantitative estimate of drug-likeness (QED) is 0.766. The maximum absolute atomic E-state index is 5.24. The summed E-state index contributed by atoms with van der Waals surface area (Å²) in [4.78, 5) is 4.18. The average Bonchev–Trinajstić information content (AvgIpc) is 2.18. The molecule has 72 valence electrons. The summed E-state index contributed by atoms with van der Waals surface area (Å²) in [5.41, 5.74) is 1.17. The van der Waals surface area contributed by atoms with Crippen molar-refractivity contribution in [1.29, 1.82) is 0 Å². The first-order valence-electron chi connectivity index (χ1n) is 4.54. The van der Waals surface area contributed by atoms with Crippen LogP contribution >= 0.6 is 0 Å². The molecular weight excluding hydrogens is 164 g/mol.